The Morgan fingerprint density at radius 3 is 2.18 bits per heavy atom. The van der Waals surface area contributed by atoms with Crippen LogP contribution in [0.15, 0.2) is 122 Å². The van der Waals surface area contributed by atoms with Gasteiger partial charge in [-0.25, -0.2) is 4.79 Å². The Morgan fingerprint density at radius 2 is 1.51 bits per heavy atom. The molecule has 248 valence electrons. The van der Waals surface area contributed by atoms with E-state index >= 15 is 0 Å². The summed E-state index contributed by atoms with van der Waals surface area (Å²) in [7, 11) is 0. The van der Waals surface area contributed by atoms with Crippen molar-refractivity contribution in [3.63, 3.8) is 0 Å². The molecule has 8 rings (SSSR count). The van der Waals surface area contributed by atoms with E-state index < -0.39 is 5.54 Å². The van der Waals surface area contributed by atoms with Crippen molar-refractivity contribution in [2.45, 2.75) is 18.9 Å². The lowest BCUT2D eigenvalue weighted by atomic mass is 9.70. The van der Waals surface area contributed by atoms with E-state index in [2.05, 4.69) is 132 Å². The maximum Gasteiger partial charge on any atom is 0.320 e. The molecular weight excluding hydrogens is 608 g/mol. The number of piperazine rings is 1. The summed E-state index contributed by atoms with van der Waals surface area (Å²) in [4.78, 5) is 24.2. The quantitative estimate of drug-likeness (QED) is 0.200. The largest absolute Gasteiger partial charge is 0.378 e. The zero-order valence-electron chi connectivity index (χ0n) is 28.0. The highest BCUT2D eigenvalue weighted by molar-refractivity contribution is 5.95. The number of urea groups is 1. The van der Waals surface area contributed by atoms with Gasteiger partial charge in [0, 0.05) is 74.2 Å². The van der Waals surface area contributed by atoms with Crippen LogP contribution in [0, 0.1) is 12.8 Å². The monoisotopic (exact) mass is 650 g/mol. The average Bonchev–Trinajstić information content (AvgIpc) is 3.57. The van der Waals surface area contributed by atoms with Gasteiger partial charge in [-0.05, 0) is 48.2 Å². The molecular formula is C41H42N6O2. The van der Waals surface area contributed by atoms with Gasteiger partial charge >= 0.3 is 6.03 Å². The summed E-state index contributed by atoms with van der Waals surface area (Å²) in [6, 6.07) is 30.4. The van der Waals surface area contributed by atoms with Crippen LogP contribution in [-0.4, -0.2) is 83.1 Å². The molecule has 2 saturated heterocycles. The number of hydrogen-bond acceptors (Lipinski definition) is 5. The van der Waals surface area contributed by atoms with E-state index in [0.717, 1.165) is 52.9 Å². The highest BCUT2D eigenvalue weighted by atomic mass is 16.5. The first-order valence-corrected chi connectivity index (χ1v) is 17.4. The fourth-order valence-corrected chi connectivity index (χ4v) is 7.90. The number of fused-ring (bicyclic) bond motifs is 1. The smallest absolute Gasteiger partial charge is 0.320 e. The molecule has 4 heterocycles. The lowest BCUT2D eigenvalue weighted by Crippen LogP contribution is -2.54. The molecule has 2 aliphatic heterocycles. The van der Waals surface area contributed by atoms with Crippen LogP contribution in [0.1, 0.15) is 23.2 Å². The third kappa shape index (κ3) is 5.70. The van der Waals surface area contributed by atoms with Crippen LogP contribution in [-0.2, 0) is 10.3 Å². The molecule has 3 aliphatic rings. The predicted molar refractivity (Wildman–Crippen MR) is 195 cm³/mol. The first-order chi connectivity index (χ1) is 24.1. The topological polar surface area (TPSA) is 66.7 Å². The molecule has 2 fully saturated rings. The number of carbonyl (C=O) groups excluding carboxylic acids is 1. The number of benzene rings is 3. The van der Waals surface area contributed by atoms with E-state index in [-0.39, 0.29) is 11.9 Å². The van der Waals surface area contributed by atoms with Crippen molar-refractivity contribution in [1.29, 1.82) is 0 Å². The molecule has 1 aliphatic carbocycles. The molecule has 2 aromatic heterocycles. The van der Waals surface area contributed by atoms with E-state index in [1.807, 2.05) is 16.0 Å². The van der Waals surface area contributed by atoms with Crippen LogP contribution in [0.3, 0.4) is 0 Å². The summed E-state index contributed by atoms with van der Waals surface area (Å²) in [5, 5.41) is 6.44. The van der Waals surface area contributed by atoms with Crippen molar-refractivity contribution in [3.8, 4) is 11.1 Å². The number of rotatable bonds is 6. The third-order valence-corrected chi connectivity index (χ3v) is 10.4. The summed E-state index contributed by atoms with van der Waals surface area (Å²) < 4.78 is 7.67. The molecule has 0 saturated carbocycles. The van der Waals surface area contributed by atoms with Gasteiger partial charge in [-0.2, -0.15) is 5.10 Å². The molecule has 1 unspecified atom stereocenters. The molecule has 3 aromatic carbocycles. The van der Waals surface area contributed by atoms with Gasteiger partial charge in [-0.15, -0.1) is 0 Å². The lowest BCUT2D eigenvalue weighted by molar-refractivity contribution is 0.0428. The number of aryl methyl sites for hydroxylation is 1. The minimum Gasteiger partial charge on any atom is -0.378 e. The van der Waals surface area contributed by atoms with E-state index in [1.165, 1.54) is 11.1 Å². The van der Waals surface area contributed by atoms with Gasteiger partial charge in [0.2, 0.25) is 0 Å². The van der Waals surface area contributed by atoms with E-state index in [4.69, 9.17) is 14.8 Å². The number of amides is 2. The van der Waals surface area contributed by atoms with Crippen LogP contribution in [0.25, 0.3) is 22.0 Å². The Kier molecular flexibility index (Phi) is 8.47. The van der Waals surface area contributed by atoms with E-state index in [9.17, 15) is 4.79 Å². The maximum absolute atomic E-state index is 13.1. The zero-order valence-corrected chi connectivity index (χ0v) is 28.0. The Bertz CT molecular complexity index is 1950. The Balaban J connectivity index is 1.16. The van der Waals surface area contributed by atoms with Gasteiger partial charge < -0.3 is 19.4 Å². The van der Waals surface area contributed by atoms with Crippen molar-refractivity contribution >= 4 is 22.6 Å². The Morgan fingerprint density at radius 1 is 0.816 bits per heavy atom. The predicted octanol–water partition coefficient (Wildman–Crippen LogP) is 6.91. The number of nitrogens with zero attached hydrogens (tertiary/aromatic N) is 6. The number of ether oxygens (including phenoxy) is 1. The molecule has 0 spiro atoms. The highest BCUT2D eigenvalue weighted by Gasteiger charge is 2.44. The summed E-state index contributed by atoms with van der Waals surface area (Å²) in [6.45, 7) is 7.61. The van der Waals surface area contributed by atoms with Crippen LogP contribution in [0.5, 0.6) is 0 Å². The average molecular weight is 651 g/mol. The summed E-state index contributed by atoms with van der Waals surface area (Å²) >= 11 is 0. The number of morpholine rings is 1. The van der Waals surface area contributed by atoms with E-state index in [0.29, 0.717) is 39.4 Å². The third-order valence-electron chi connectivity index (χ3n) is 10.4. The summed E-state index contributed by atoms with van der Waals surface area (Å²) in [5.74, 6) is 0.163. The molecule has 8 heteroatoms. The summed E-state index contributed by atoms with van der Waals surface area (Å²) in [5.41, 5.74) is 7.16. The standard InChI is InChI=1S/C41H42N6O2/c1-31-37(30-47(43-31)41(33-11-5-2-6-12-33,34-13-7-3-8-14-34)35-15-9-4-10-16-35)32-17-18-38-36(29-32)39(19-20-42-38)44-21-23-45(24-22-44)40(48)46-25-27-49-28-26-46/h2-15,17-20,29-30,35H,16,21-28H2,1H3. The second-order valence-corrected chi connectivity index (χ2v) is 13.1. The second kappa shape index (κ2) is 13.4. The Labute approximate surface area is 287 Å². The number of aromatic nitrogens is 3. The highest BCUT2D eigenvalue weighted by Crippen LogP contribution is 2.45. The van der Waals surface area contributed by atoms with Crippen molar-refractivity contribution in [1.82, 2.24) is 24.6 Å². The van der Waals surface area contributed by atoms with Gasteiger partial charge in [0.1, 0.15) is 5.54 Å². The number of anilines is 1. The van der Waals surface area contributed by atoms with Crippen molar-refractivity contribution in [3.05, 3.63) is 138 Å². The van der Waals surface area contributed by atoms with Gasteiger partial charge in [-0.3, -0.25) is 9.67 Å². The van der Waals surface area contributed by atoms with Crippen molar-refractivity contribution < 1.29 is 9.53 Å². The van der Waals surface area contributed by atoms with Gasteiger partial charge in [0.25, 0.3) is 0 Å². The van der Waals surface area contributed by atoms with Gasteiger partial charge in [0.15, 0.2) is 0 Å². The van der Waals surface area contributed by atoms with Crippen molar-refractivity contribution in [2.24, 2.45) is 5.92 Å². The molecule has 5 aromatic rings. The SMILES string of the molecule is Cc1nn(C(c2ccccc2)(c2ccccc2)C2C=CC=CC2)cc1-c1ccc2nccc(N3CCN(C(=O)N4CCOCC4)CC3)c2c1. The maximum atomic E-state index is 13.1. The van der Waals surface area contributed by atoms with Crippen LogP contribution in [0.4, 0.5) is 10.5 Å². The van der Waals surface area contributed by atoms with E-state index in [1.54, 1.807) is 0 Å². The molecule has 0 N–H and O–H groups in total. The molecule has 2 amide bonds. The normalized spacial score (nSPS) is 18.3. The fourth-order valence-electron chi connectivity index (χ4n) is 7.90. The van der Waals surface area contributed by atoms with Crippen molar-refractivity contribution in [2.75, 3.05) is 57.4 Å². The van der Waals surface area contributed by atoms with Crippen LogP contribution in [0.2, 0.25) is 0 Å². The fraction of sp³-hybridized carbons (Fsp3) is 0.293. The number of pyridine rings is 1. The Hall–Kier alpha value is -5.21. The van der Waals surface area contributed by atoms with Crippen LogP contribution >= 0.6 is 0 Å². The lowest BCUT2D eigenvalue weighted by Gasteiger charge is -2.41. The molecule has 49 heavy (non-hydrogen) atoms. The molecule has 0 bridgehead atoms. The number of carbonyl (C=O) groups is 1. The first kappa shape index (κ1) is 31.1. The molecule has 1 atom stereocenters. The minimum atomic E-state index is -0.547. The molecule has 0 radical (unpaired) electrons. The summed E-state index contributed by atoms with van der Waals surface area (Å²) in [6.07, 6.45) is 13.9. The van der Waals surface area contributed by atoms with Crippen LogP contribution < -0.4 is 4.90 Å². The van der Waals surface area contributed by atoms with Gasteiger partial charge in [0.05, 0.1) is 24.4 Å². The zero-order chi connectivity index (χ0) is 33.2. The second-order valence-electron chi connectivity index (χ2n) is 13.1. The minimum absolute atomic E-state index is 0.124. The molecule has 8 nitrogen and oxygen atoms in total. The number of hydrogen-bond donors (Lipinski definition) is 0. The van der Waals surface area contributed by atoms with Gasteiger partial charge in [-0.1, -0.05) is 91.0 Å². The number of allylic oxidation sites excluding steroid dienone is 4. The first-order valence-electron chi connectivity index (χ1n) is 17.4.